The van der Waals surface area contributed by atoms with Crippen LogP contribution >= 0.6 is 12.2 Å². The summed E-state index contributed by atoms with van der Waals surface area (Å²) in [5, 5.41) is 4.47. The molecule has 0 atom stereocenters. The molecule has 0 radical (unpaired) electrons. The van der Waals surface area contributed by atoms with Gasteiger partial charge in [0.25, 0.3) is 5.91 Å². The lowest BCUT2D eigenvalue weighted by atomic mass is 10.1. The number of aromatic nitrogens is 1. The average molecular weight is 489 g/mol. The molecule has 1 aliphatic heterocycles. The van der Waals surface area contributed by atoms with E-state index in [2.05, 4.69) is 18.3 Å². The molecule has 2 amide bonds. The van der Waals surface area contributed by atoms with Gasteiger partial charge in [-0.1, -0.05) is 31.2 Å². The quantitative estimate of drug-likeness (QED) is 0.378. The molecule has 1 aromatic heterocycles. The maximum atomic E-state index is 13.4. The first-order chi connectivity index (χ1) is 16.8. The minimum Gasteiger partial charge on any atom is -0.342 e. The van der Waals surface area contributed by atoms with Crippen molar-refractivity contribution in [3.8, 4) is 0 Å². The Morgan fingerprint density at radius 3 is 2.49 bits per heavy atom. The van der Waals surface area contributed by atoms with Crippen molar-refractivity contribution in [2.24, 2.45) is 0 Å². The van der Waals surface area contributed by atoms with Gasteiger partial charge >= 0.3 is 0 Å². The van der Waals surface area contributed by atoms with Crippen molar-refractivity contribution in [3.63, 3.8) is 0 Å². The first kappa shape index (κ1) is 24.7. The number of nitrogens with one attached hydrogen (secondary N) is 1. The number of anilines is 1. The number of hydrogen-bond acceptors (Lipinski definition) is 3. The highest BCUT2D eigenvalue weighted by Gasteiger charge is 2.32. The molecule has 2 aromatic carbocycles. The van der Waals surface area contributed by atoms with E-state index in [1.165, 1.54) is 4.90 Å². The fourth-order valence-electron chi connectivity index (χ4n) is 4.60. The molecular weight excluding hydrogens is 456 g/mol. The van der Waals surface area contributed by atoms with Gasteiger partial charge in [-0.3, -0.25) is 14.5 Å². The summed E-state index contributed by atoms with van der Waals surface area (Å²) < 4.78 is 2.01. The van der Waals surface area contributed by atoms with Crippen LogP contribution in [0, 0.1) is 13.8 Å². The van der Waals surface area contributed by atoms with E-state index < -0.39 is 0 Å². The number of thiocarbonyl (C=S) groups is 1. The van der Waals surface area contributed by atoms with Crippen LogP contribution in [0.5, 0.6) is 0 Å². The normalized spacial score (nSPS) is 14.8. The van der Waals surface area contributed by atoms with E-state index in [1.807, 2.05) is 79.8 Å². The molecule has 0 bridgehead atoms. The van der Waals surface area contributed by atoms with E-state index >= 15 is 0 Å². The molecule has 2 heterocycles. The predicted octanol–water partition coefficient (Wildman–Crippen LogP) is 4.95. The van der Waals surface area contributed by atoms with E-state index in [0.29, 0.717) is 23.9 Å². The van der Waals surface area contributed by atoms with Crippen molar-refractivity contribution in [3.05, 3.63) is 70.5 Å². The number of amides is 2. The van der Waals surface area contributed by atoms with E-state index in [9.17, 15) is 9.59 Å². The predicted molar refractivity (Wildman–Crippen MR) is 146 cm³/mol. The molecular formula is C28H32N4O2S. The second kappa shape index (κ2) is 10.0. The number of rotatable bonds is 7. The maximum Gasteiger partial charge on any atom is 0.281 e. The van der Waals surface area contributed by atoms with Gasteiger partial charge in [-0.2, -0.15) is 0 Å². The number of likely N-dealkylation sites (N-methyl/N-ethyl adjacent to an activating group) is 1. The number of para-hydroxylation sites is 1. The third-order valence-corrected chi connectivity index (χ3v) is 7.03. The van der Waals surface area contributed by atoms with Crippen LogP contribution in [0.3, 0.4) is 0 Å². The Morgan fingerprint density at radius 2 is 1.83 bits per heavy atom. The van der Waals surface area contributed by atoms with Crippen LogP contribution in [0.4, 0.5) is 5.69 Å². The Kier molecular flexibility index (Phi) is 7.08. The summed E-state index contributed by atoms with van der Waals surface area (Å²) in [7, 11) is 0. The third kappa shape index (κ3) is 4.60. The minimum absolute atomic E-state index is 0.0779. The minimum atomic E-state index is -0.190. The van der Waals surface area contributed by atoms with Gasteiger partial charge in [0.2, 0.25) is 5.91 Å². The Hall–Kier alpha value is -3.45. The summed E-state index contributed by atoms with van der Waals surface area (Å²) in [6.07, 6.45) is 4.66. The zero-order valence-corrected chi connectivity index (χ0v) is 21.8. The topological polar surface area (TPSA) is 57.6 Å². The molecule has 1 N–H and O–H groups in total. The average Bonchev–Trinajstić information content (AvgIpc) is 3.32. The van der Waals surface area contributed by atoms with Gasteiger partial charge in [-0.25, -0.2) is 0 Å². The molecule has 1 fully saturated rings. The Balaban J connectivity index is 1.75. The number of benzene rings is 2. The lowest BCUT2D eigenvalue weighted by Gasteiger charge is -2.19. The molecule has 0 unspecified atom stereocenters. The van der Waals surface area contributed by atoms with Crippen molar-refractivity contribution < 1.29 is 9.59 Å². The molecule has 6 nitrogen and oxygen atoms in total. The van der Waals surface area contributed by atoms with Gasteiger partial charge < -0.3 is 14.8 Å². The molecule has 182 valence electrons. The molecule has 0 spiro atoms. The van der Waals surface area contributed by atoms with Crippen molar-refractivity contribution in [2.75, 3.05) is 18.0 Å². The summed E-state index contributed by atoms with van der Waals surface area (Å²) in [5.41, 5.74) is 6.50. The van der Waals surface area contributed by atoms with Gasteiger partial charge in [0, 0.05) is 30.2 Å². The lowest BCUT2D eigenvalue weighted by Crippen LogP contribution is -2.33. The number of aryl methyl sites for hydroxylation is 3. The summed E-state index contributed by atoms with van der Waals surface area (Å²) in [5.74, 6) is -0.112. The molecule has 0 saturated carbocycles. The van der Waals surface area contributed by atoms with Crippen molar-refractivity contribution in [1.82, 2.24) is 14.8 Å². The smallest absolute Gasteiger partial charge is 0.281 e. The Morgan fingerprint density at radius 1 is 1.09 bits per heavy atom. The number of hydrogen-bond donors (Lipinski definition) is 1. The Bertz CT molecular complexity index is 1350. The highest BCUT2D eigenvalue weighted by atomic mass is 32.1. The van der Waals surface area contributed by atoms with Crippen LogP contribution in [0.25, 0.3) is 17.0 Å². The van der Waals surface area contributed by atoms with Crippen molar-refractivity contribution >= 4 is 51.8 Å². The zero-order valence-electron chi connectivity index (χ0n) is 21.0. The van der Waals surface area contributed by atoms with Gasteiger partial charge in [-0.05, 0) is 81.2 Å². The monoisotopic (exact) mass is 488 g/mol. The second-order valence-electron chi connectivity index (χ2n) is 8.84. The summed E-state index contributed by atoms with van der Waals surface area (Å²) >= 11 is 5.52. The van der Waals surface area contributed by atoms with Crippen molar-refractivity contribution in [1.29, 1.82) is 0 Å². The molecule has 4 rings (SSSR count). The molecule has 1 saturated heterocycles. The van der Waals surface area contributed by atoms with E-state index in [4.69, 9.17) is 12.2 Å². The first-order valence-electron chi connectivity index (χ1n) is 12.1. The van der Waals surface area contributed by atoms with E-state index in [-0.39, 0.29) is 18.4 Å². The van der Waals surface area contributed by atoms with Crippen LogP contribution < -0.4 is 10.2 Å². The molecule has 1 aliphatic rings. The lowest BCUT2D eigenvalue weighted by molar-refractivity contribution is -0.131. The second-order valence-corrected chi connectivity index (χ2v) is 9.23. The number of carbonyl (C=O) groups excluding carboxylic acids is 2. The van der Waals surface area contributed by atoms with E-state index in [0.717, 1.165) is 45.3 Å². The van der Waals surface area contributed by atoms with Gasteiger partial charge in [0.15, 0.2) is 5.11 Å². The largest absolute Gasteiger partial charge is 0.342 e. The standard InChI is InChI=1S/C28H32N4O2S/c1-6-20-10-9-11-23-21(16-31(26(20)23)17-25(33)30(7-2)8-3)15-24-27(34)32(28(35)29-24)22-13-12-18(4)19(5)14-22/h9-16H,6-8,17H2,1-5H3,(H,29,35)/b24-15-. The maximum absolute atomic E-state index is 13.4. The summed E-state index contributed by atoms with van der Waals surface area (Å²) in [6, 6.07) is 12.0. The number of fused-ring (bicyclic) bond motifs is 1. The van der Waals surface area contributed by atoms with Crippen LogP contribution in [0.2, 0.25) is 0 Å². The fourth-order valence-corrected chi connectivity index (χ4v) is 4.90. The van der Waals surface area contributed by atoms with Gasteiger partial charge in [-0.15, -0.1) is 0 Å². The van der Waals surface area contributed by atoms with Crippen LogP contribution in [-0.2, 0) is 22.6 Å². The molecule has 35 heavy (non-hydrogen) atoms. The van der Waals surface area contributed by atoms with Crippen LogP contribution in [0.1, 0.15) is 43.0 Å². The fraction of sp³-hybridized carbons (Fsp3) is 0.321. The van der Waals surface area contributed by atoms with E-state index in [1.54, 1.807) is 0 Å². The third-order valence-electron chi connectivity index (χ3n) is 6.74. The SMILES string of the molecule is CCc1cccc2c(/C=C3\NC(=S)N(c4ccc(C)c(C)c4)C3=O)cn(CC(=O)N(CC)CC)c12. The molecule has 3 aromatic rings. The van der Waals surface area contributed by atoms with Gasteiger partial charge in [0.05, 0.1) is 11.2 Å². The Labute approximate surface area is 212 Å². The number of nitrogens with zero attached hydrogens (tertiary/aromatic N) is 3. The highest BCUT2D eigenvalue weighted by molar-refractivity contribution is 7.80. The van der Waals surface area contributed by atoms with Crippen LogP contribution in [-0.4, -0.2) is 39.5 Å². The zero-order chi connectivity index (χ0) is 25.3. The summed E-state index contributed by atoms with van der Waals surface area (Å²) in [4.78, 5) is 29.7. The molecule has 0 aliphatic carbocycles. The van der Waals surface area contributed by atoms with Crippen molar-refractivity contribution in [2.45, 2.75) is 47.6 Å². The summed E-state index contributed by atoms with van der Waals surface area (Å²) in [6.45, 7) is 11.8. The van der Waals surface area contributed by atoms with Gasteiger partial charge in [0.1, 0.15) is 12.2 Å². The highest BCUT2D eigenvalue weighted by Crippen LogP contribution is 2.29. The number of carbonyl (C=O) groups is 2. The molecule has 7 heteroatoms. The first-order valence-corrected chi connectivity index (χ1v) is 12.5. The van der Waals surface area contributed by atoms with Crippen LogP contribution in [0.15, 0.2) is 48.3 Å².